The van der Waals surface area contributed by atoms with Crippen LogP contribution in [0.3, 0.4) is 0 Å². The van der Waals surface area contributed by atoms with Crippen LogP contribution in [0.15, 0.2) is 42.7 Å². The zero-order valence-corrected chi connectivity index (χ0v) is 18.9. The Labute approximate surface area is 193 Å². The fourth-order valence-corrected chi connectivity index (χ4v) is 4.44. The molecule has 4 atom stereocenters. The standard InChI is InChI=1S/C24H30N4O5/c1-28(2)13-23(31)27-16-5-6-20-18(8-16)19-9-17(32-21(14-29)24(19)33-20)10-22(30)26-12-15-4-3-7-25-11-15/h3-8,11,17,19,21,24,29H,9-10,12-14H2,1-2H3,(H,26,30)(H,27,31)/t17-,19-,21+,24+/m1/s1. The first-order valence-corrected chi connectivity index (χ1v) is 11.1. The molecule has 3 heterocycles. The van der Waals surface area contributed by atoms with Crippen LogP contribution >= 0.6 is 0 Å². The first-order valence-electron chi connectivity index (χ1n) is 11.1. The quantitative estimate of drug-likeness (QED) is 0.551. The molecular formula is C24H30N4O5. The molecule has 9 nitrogen and oxygen atoms in total. The van der Waals surface area contributed by atoms with Gasteiger partial charge in [0, 0.05) is 36.1 Å². The van der Waals surface area contributed by atoms with Gasteiger partial charge in [-0.15, -0.1) is 0 Å². The van der Waals surface area contributed by atoms with Crippen molar-refractivity contribution in [2.45, 2.75) is 43.6 Å². The molecule has 3 N–H and O–H groups in total. The Balaban J connectivity index is 1.42. The average Bonchev–Trinajstić information content (AvgIpc) is 3.15. The molecule has 9 heteroatoms. The van der Waals surface area contributed by atoms with Crippen LogP contribution < -0.4 is 15.4 Å². The minimum Gasteiger partial charge on any atom is -0.487 e. The predicted octanol–water partition coefficient (Wildman–Crippen LogP) is 1.28. The molecule has 2 aliphatic heterocycles. The molecule has 0 saturated carbocycles. The number of fused-ring (bicyclic) bond motifs is 3. The van der Waals surface area contributed by atoms with Crippen LogP contribution in [-0.4, -0.2) is 72.4 Å². The molecule has 0 unspecified atom stereocenters. The maximum Gasteiger partial charge on any atom is 0.238 e. The molecule has 1 saturated heterocycles. The van der Waals surface area contributed by atoms with Gasteiger partial charge in [-0.2, -0.15) is 0 Å². The monoisotopic (exact) mass is 454 g/mol. The number of nitrogens with one attached hydrogen (secondary N) is 2. The molecule has 0 bridgehead atoms. The second kappa shape index (κ2) is 10.3. The largest absolute Gasteiger partial charge is 0.487 e. The summed E-state index contributed by atoms with van der Waals surface area (Å²) in [4.78, 5) is 30.5. The average molecular weight is 455 g/mol. The molecule has 33 heavy (non-hydrogen) atoms. The summed E-state index contributed by atoms with van der Waals surface area (Å²) >= 11 is 0. The van der Waals surface area contributed by atoms with E-state index < -0.39 is 6.10 Å². The van der Waals surface area contributed by atoms with Crippen molar-refractivity contribution in [1.29, 1.82) is 0 Å². The number of aliphatic hydroxyl groups excluding tert-OH is 1. The number of nitrogens with zero attached hydrogens (tertiary/aromatic N) is 2. The van der Waals surface area contributed by atoms with E-state index in [1.54, 1.807) is 17.3 Å². The van der Waals surface area contributed by atoms with Gasteiger partial charge in [-0.25, -0.2) is 0 Å². The Morgan fingerprint density at radius 2 is 2.09 bits per heavy atom. The summed E-state index contributed by atoms with van der Waals surface area (Å²) in [7, 11) is 3.68. The Bertz CT molecular complexity index is 984. The van der Waals surface area contributed by atoms with Gasteiger partial charge in [0.25, 0.3) is 0 Å². The van der Waals surface area contributed by atoms with Crippen molar-refractivity contribution in [2.24, 2.45) is 0 Å². The van der Waals surface area contributed by atoms with Crippen molar-refractivity contribution < 1.29 is 24.2 Å². The lowest BCUT2D eigenvalue weighted by Gasteiger charge is -2.37. The smallest absolute Gasteiger partial charge is 0.238 e. The molecule has 1 aromatic heterocycles. The third-order valence-electron chi connectivity index (χ3n) is 5.87. The minimum atomic E-state index is -0.529. The van der Waals surface area contributed by atoms with Gasteiger partial charge in [-0.05, 0) is 50.3 Å². The third kappa shape index (κ3) is 5.68. The molecule has 2 aromatic rings. The number of rotatable bonds is 8. The number of hydrogen-bond acceptors (Lipinski definition) is 7. The number of benzene rings is 1. The van der Waals surface area contributed by atoms with E-state index in [1.807, 2.05) is 44.4 Å². The fourth-order valence-electron chi connectivity index (χ4n) is 4.44. The Hall–Kier alpha value is -3.01. The zero-order valence-electron chi connectivity index (χ0n) is 18.9. The first-order chi connectivity index (χ1) is 15.9. The molecule has 0 aliphatic carbocycles. The summed E-state index contributed by atoms with van der Waals surface area (Å²) < 4.78 is 12.1. The van der Waals surface area contributed by atoms with Crippen LogP contribution in [0.1, 0.15) is 29.9 Å². The van der Waals surface area contributed by atoms with Gasteiger partial charge in [0.05, 0.1) is 25.7 Å². The molecule has 176 valence electrons. The van der Waals surface area contributed by atoms with Gasteiger partial charge < -0.3 is 30.1 Å². The topological polar surface area (TPSA) is 113 Å². The Morgan fingerprint density at radius 3 is 2.82 bits per heavy atom. The van der Waals surface area contributed by atoms with Gasteiger partial charge in [-0.3, -0.25) is 14.6 Å². The highest BCUT2D eigenvalue weighted by Crippen LogP contribution is 2.47. The number of carbonyl (C=O) groups excluding carboxylic acids is 2. The minimum absolute atomic E-state index is 0.0345. The summed E-state index contributed by atoms with van der Waals surface area (Å²) in [5.74, 6) is 0.466. The maximum absolute atomic E-state index is 12.5. The van der Waals surface area contributed by atoms with Gasteiger partial charge >= 0.3 is 0 Å². The highest BCUT2D eigenvalue weighted by molar-refractivity contribution is 5.92. The van der Waals surface area contributed by atoms with Crippen molar-refractivity contribution in [3.63, 3.8) is 0 Å². The van der Waals surface area contributed by atoms with E-state index in [0.29, 0.717) is 18.7 Å². The van der Waals surface area contributed by atoms with Crippen molar-refractivity contribution in [3.8, 4) is 5.75 Å². The molecule has 2 amide bonds. The zero-order chi connectivity index (χ0) is 23.4. The number of aromatic nitrogens is 1. The van der Waals surface area contributed by atoms with Crippen LogP contribution in [0.5, 0.6) is 5.75 Å². The van der Waals surface area contributed by atoms with Crippen molar-refractivity contribution in [3.05, 3.63) is 53.9 Å². The van der Waals surface area contributed by atoms with Gasteiger partial charge in [0.2, 0.25) is 11.8 Å². The van der Waals surface area contributed by atoms with E-state index in [2.05, 4.69) is 15.6 Å². The van der Waals surface area contributed by atoms with Crippen LogP contribution in [0.4, 0.5) is 5.69 Å². The second-order valence-electron chi connectivity index (χ2n) is 8.78. The third-order valence-corrected chi connectivity index (χ3v) is 5.87. The Morgan fingerprint density at radius 1 is 1.24 bits per heavy atom. The van der Waals surface area contributed by atoms with Gasteiger partial charge in [0.1, 0.15) is 18.0 Å². The van der Waals surface area contributed by atoms with Crippen LogP contribution in [0.25, 0.3) is 0 Å². The van der Waals surface area contributed by atoms with E-state index >= 15 is 0 Å². The number of likely N-dealkylation sites (N-methyl/N-ethyl adjacent to an activating group) is 1. The van der Waals surface area contributed by atoms with E-state index in [-0.39, 0.29) is 49.5 Å². The van der Waals surface area contributed by atoms with Gasteiger partial charge in [-0.1, -0.05) is 6.07 Å². The molecule has 1 fully saturated rings. The van der Waals surface area contributed by atoms with Crippen molar-refractivity contribution in [2.75, 3.05) is 32.6 Å². The summed E-state index contributed by atoms with van der Waals surface area (Å²) in [5, 5.41) is 15.7. The Kier molecular flexibility index (Phi) is 7.22. The number of ether oxygens (including phenoxy) is 2. The van der Waals surface area contributed by atoms with Crippen molar-refractivity contribution >= 4 is 17.5 Å². The molecule has 2 aliphatic rings. The number of anilines is 1. The summed E-state index contributed by atoms with van der Waals surface area (Å²) in [6.07, 6.45) is 2.97. The highest BCUT2D eigenvalue weighted by Gasteiger charge is 2.46. The number of aliphatic hydroxyl groups is 1. The number of pyridine rings is 1. The number of carbonyl (C=O) groups is 2. The summed E-state index contributed by atoms with van der Waals surface area (Å²) in [6.45, 7) is 0.489. The first kappa shape index (κ1) is 23.2. The van der Waals surface area contributed by atoms with E-state index in [4.69, 9.17) is 9.47 Å². The molecular weight excluding hydrogens is 424 g/mol. The SMILES string of the molecule is CN(C)CC(=O)Nc1ccc2c(c1)[C@H]1C[C@H](CC(=O)NCc3cccnc3)O[C@@H](CO)[C@H]1O2. The van der Waals surface area contributed by atoms with Crippen molar-refractivity contribution in [1.82, 2.24) is 15.2 Å². The summed E-state index contributed by atoms with van der Waals surface area (Å²) in [6, 6.07) is 9.29. The molecule has 1 aromatic carbocycles. The lowest BCUT2D eigenvalue weighted by atomic mass is 9.84. The summed E-state index contributed by atoms with van der Waals surface area (Å²) in [5.41, 5.74) is 2.58. The number of amides is 2. The van der Waals surface area contributed by atoms with E-state index in [0.717, 1.165) is 16.9 Å². The van der Waals surface area contributed by atoms with Gasteiger partial charge in [0.15, 0.2) is 0 Å². The van der Waals surface area contributed by atoms with E-state index in [9.17, 15) is 14.7 Å². The van der Waals surface area contributed by atoms with Crippen LogP contribution in [0.2, 0.25) is 0 Å². The normalized spacial score (nSPS) is 23.4. The fraction of sp³-hybridized carbons (Fsp3) is 0.458. The second-order valence-corrected chi connectivity index (χ2v) is 8.78. The maximum atomic E-state index is 12.5. The lowest BCUT2D eigenvalue weighted by Crippen LogP contribution is -2.47. The van der Waals surface area contributed by atoms with E-state index in [1.165, 1.54) is 0 Å². The molecule has 0 spiro atoms. The van der Waals surface area contributed by atoms with Crippen LogP contribution in [0, 0.1) is 0 Å². The molecule has 0 radical (unpaired) electrons. The molecule has 4 rings (SSSR count). The predicted molar refractivity (Wildman–Crippen MR) is 122 cm³/mol. The lowest BCUT2D eigenvalue weighted by molar-refractivity contribution is -0.142. The van der Waals surface area contributed by atoms with Crippen LogP contribution in [-0.2, 0) is 20.9 Å². The highest BCUT2D eigenvalue weighted by atomic mass is 16.6. The number of hydrogen-bond donors (Lipinski definition) is 3.